The summed E-state index contributed by atoms with van der Waals surface area (Å²) < 4.78 is 5.48. The Labute approximate surface area is 209 Å². The van der Waals surface area contributed by atoms with Crippen molar-refractivity contribution in [1.82, 2.24) is 15.1 Å². The molecule has 2 aromatic carbocycles. The maximum atomic E-state index is 11.8. The molecule has 2 aliphatic heterocycles. The van der Waals surface area contributed by atoms with Gasteiger partial charge in [0.25, 0.3) is 0 Å². The summed E-state index contributed by atoms with van der Waals surface area (Å²) in [6.07, 6.45) is 3.48. The van der Waals surface area contributed by atoms with Gasteiger partial charge in [0.1, 0.15) is 6.61 Å². The number of rotatable bonds is 7. The van der Waals surface area contributed by atoms with Gasteiger partial charge in [-0.3, -0.25) is 9.63 Å². The molecule has 1 fully saturated rings. The van der Waals surface area contributed by atoms with Crippen LogP contribution in [0.1, 0.15) is 21.5 Å². The number of carbonyl (C=O) groups excluding carboxylic acids is 1. The van der Waals surface area contributed by atoms with E-state index in [4.69, 9.17) is 20.3 Å². The average Bonchev–Trinajstić information content (AvgIpc) is 2.89. The Bertz CT molecular complexity index is 1280. The fourth-order valence-electron chi connectivity index (χ4n) is 4.36. The summed E-state index contributed by atoms with van der Waals surface area (Å²) in [6, 6.07) is 13.3. The summed E-state index contributed by atoms with van der Waals surface area (Å²) in [6.45, 7) is 9.91. The Hall–Kier alpha value is -3.99. The minimum atomic E-state index is -0.508. The van der Waals surface area contributed by atoms with E-state index in [-0.39, 0.29) is 0 Å². The van der Waals surface area contributed by atoms with Crippen molar-refractivity contribution in [2.45, 2.75) is 13.5 Å². The third kappa shape index (κ3) is 4.87. The zero-order chi connectivity index (χ0) is 25.1. The van der Waals surface area contributed by atoms with Crippen LogP contribution in [0.3, 0.4) is 0 Å². The second-order valence-electron chi connectivity index (χ2n) is 8.59. The molecule has 1 saturated heterocycles. The number of hydrogen-bond donors (Lipinski definition) is 2. The lowest BCUT2D eigenvalue weighted by molar-refractivity contribution is -0.171. The lowest BCUT2D eigenvalue weighted by atomic mass is 10.1. The van der Waals surface area contributed by atoms with Crippen LogP contribution in [0.2, 0.25) is 0 Å². The molecule has 1 amide bonds. The highest BCUT2D eigenvalue weighted by atomic mass is 16.7. The molecule has 1 aromatic heterocycles. The van der Waals surface area contributed by atoms with E-state index in [1.54, 1.807) is 40.7 Å². The number of nitrogens with one attached hydrogen (secondary N) is 1. The van der Waals surface area contributed by atoms with Crippen LogP contribution in [-0.4, -0.2) is 53.9 Å². The number of anilines is 5. The number of amides is 1. The zero-order valence-electron chi connectivity index (χ0n) is 20.2. The largest absolute Gasteiger partial charge is 0.378 e. The van der Waals surface area contributed by atoms with Crippen LogP contribution in [0.4, 0.5) is 28.8 Å². The van der Waals surface area contributed by atoms with Crippen LogP contribution >= 0.6 is 0 Å². The van der Waals surface area contributed by atoms with Gasteiger partial charge in [-0.15, -0.1) is 6.58 Å². The molecule has 0 radical (unpaired) electrons. The Morgan fingerprint density at radius 3 is 2.81 bits per heavy atom. The van der Waals surface area contributed by atoms with Crippen LogP contribution in [0.15, 0.2) is 61.3 Å². The van der Waals surface area contributed by atoms with Crippen LogP contribution in [0.25, 0.3) is 0 Å². The maximum Gasteiger partial charge on any atom is 0.248 e. The molecular formula is C26H29N7O3. The molecule has 36 heavy (non-hydrogen) atoms. The average molecular weight is 488 g/mol. The Balaban J connectivity index is 1.45. The summed E-state index contributed by atoms with van der Waals surface area (Å²) in [5.74, 6) is 0.582. The van der Waals surface area contributed by atoms with Gasteiger partial charge < -0.3 is 20.7 Å². The molecule has 10 nitrogen and oxygen atoms in total. The van der Waals surface area contributed by atoms with Crippen molar-refractivity contribution in [2.75, 3.05) is 48.1 Å². The van der Waals surface area contributed by atoms with E-state index < -0.39 is 5.91 Å². The van der Waals surface area contributed by atoms with Crippen LogP contribution in [0.5, 0.6) is 0 Å². The number of nitrogens with two attached hydrogens (primary N) is 1. The number of carbonyl (C=O) groups is 1. The predicted octanol–water partition coefficient (Wildman–Crippen LogP) is 3.45. The van der Waals surface area contributed by atoms with E-state index in [2.05, 4.69) is 40.8 Å². The van der Waals surface area contributed by atoms with E-state index in [0.29, 0.717) is 36.2 Å². The number of hydrazine groups is 1. The smallest absolute Gasteiger partial charge is 0.248 e. The Morgan fingerprint density at radius 1 is 1.22 bits per heavy atom. The van der Waals surface area contributed by atoms with Gasteiger partial charge in [-0.05, 0) is 48.9 Å². The standard InChI is InChI=1S/C26H29N7O3/c1-3-9-32-33(22-6-4-5-19(15-22)24(27)34)25-20(17-36-32)16-28-26(30-25)29-21-7-8-23(18(2)14-21)31-10-12-35-13-11-31/h3-8,14-16H,1,9-13,17H2,2H3,(H2,27,34)(H,28,29,30). The van der Waals surface area contributed by atoms with E-state index >= 15 is 0 Å². The Kier molecular flexibility index (Phi) is 6.81. The van der Waals surface area contributed by atoms with E-state index in [9.17, 15) is 4.79 Å². The van der Waals surface area contributed by atoms with Crippen molar-refractivity contribution < 1.29 is 14.4 Å². The molecule has 186 valence electrons. The highest BCUT2D eigenvalue weighted by molar-refractivity contribution is 5.94. The fourth-order valence-corrected chi connectivity index (χ4v) is 4.36. The molecule has 0 aliphatic carbocycles. The Morgan fingerprint density at radius 2 is 2.06 bits per heavy atom. The molecule has 3 aromatic rings. The summed E-state index contributed by atoms with van der Waals surface area (Å²) in [5.41, 5.74) is 10.7. The zero-order valence-corrected chi connectivity index (χ0v) is 20.2. The molecule has 10 heteroatoms. The van der Waals surface area contributed by atoms with Crippen LogP contribution in [0, 0.1) is 6.92 Å². The maximum absolute atomic E-state index is 11.8. The monoisotopic (exact) mass is 487 g/mol. The van der Waals surface area contributed by atoms with Gasteiger partial charge in [0.05, 0.1) is 25.4 Å². The SMILES string of the molecule is C=CCN1OCc2cnc(Nc3ccc(N4CCOCC4)c(C)c3)nc2N1c1cccc(C(N)=O)c1. The molecule has 0 bridgehead atoms. The van der Waals surface area contributed by atoms with Crippen molar-refractivity contribution in [3.8, 4) is 0 Å². The minimum Gasteiger partial charge on any atom is -0.378 e. The van der Waals surface area contributed by atoms with Crippen molar-refractivity contribution in [3.05, 3.63) is 78.0 Å². The van der Waals surface area contributed by atoms with Gasteiger partial charge in [0.15, 0.2) is 5.82 Å². The number of benzene rings is 2. The van der Waals surface area contributed by atoms with Gasteiger partial charge in [0, 0.05) is 41.8 Å². The summed E-state index contributed by atoms with van der Waals surface area (Å²) in [7, 11) is 0. The fraction of sp³-hybridized carbons (Fsp3) is 0.269. The third-order valence-corrected chi connectivity index (χ3v) is 6.10. The molecule has 0 saturated carbocycles. The van der Waals surface area contributed by atoms with Crippen LogP contribution in [-0.2, 0) is 16.2 Å². The number of hydroxylamine groups is 1. The minimum absolute atomic E-state index is 0.308. The number of fused-ring (bicyclic) bond motifs is 1. The van der Waals surface area contributed by atoms with Gasteiger partial charge in [-0.1, -0.05) is 17.3 Å². The third-order valence-electron chi connectivity index (χ3n) is 6.10. The van der Waals surface area contributed by atoms with Gasteiger partial charge in [-0.2, -0.15) is 4.98 Å². The highest BCUT2D eigenvalue weighted by Crippen LogP contribution is 2.35. The normalized spacial score (nSPS) is 15.9. The molecule has 0 unspecified atom stereocenters. The van der Waals surface area contributed by atoms with Crippen molar-refractivity contribution in [3.63, 3.8) is 0 Å². The number of ether oxygens (including phenoxy) is 1. The first-order valence-corrected chi connectivity index (χ1v) is 11.8. The molecule has 3 heterocycles. The van der Waals surface area contributed by atoms with E-state index in [1.165, 1.54) is 5.69 Å². The number of primary amides is 1. The molecule has 5 rings (SSSR count). The molecule has 0 spiro atoms. The van der Waals surface area contributed by atoms with Crippen molar-refractivity contribution in [1.29, 1.82) is 0 Å². The number of morpholine rings is 1. The lowest BCUT2D eigenvalue weighted by Crippen LogP contribution is -2.43. The molecular weight excluding hydrogens is 458 g/mol. The summed E-state index contributed by atoms with van der Waals surface area (Å²) >= 11 is 0. The number of aromatic nitrogens is 2. The number of nitrogens with zero attached hydrogens (tertiary/aromatic N) is 5. The first kappa shape index (κ1) is 23.7. The molecule has 3 N–H and O–H groups in total. The summed E-state index contributed by atoms with van der Waals surface area (Å²) in [4.78, 5) is 29.4. The van der Waals surface area contributed by atoms with Gasteiger partial charge >= 0.3 is 0 Å². The van der Waals surface area contributed by atoms with Gasteiger partial charge in [0.2, 0.25) is 11.9 Å². The number of aryl methyl sites for hydroxylation is 1. The van der Waals surface area contributed by atoms with E-state index in [1.807, 2.05) is 12.1 Å². The lowest BCUT2D eigenvalue weighted by Gasteiger charge is -2.38. The topological polar surface area (TPSA) is 109 Å². The first-order chi connectivity index (χ1) is 17.5. The van der Waals surface area contributed by atoms with Crippen LogP contribution < -0.4 is 21.0 Å². The van der Waals surface area contributed by atoms with Crippen molar-refractivity contribution in [2.24, 2.45) is 5.73 Å². The molecule has 2 aliphatic rings. The van der Waals surface area contributed by atoms with E-state index in [0.717, 1.165) is 43.1 Å². The predicted molar refractivity (Wildman–Crippen MR) is 138 cm³/mol. The second-order valence-corrected chi connectivity index (χ2v) is 8.59. The quantitative estimate of drug-likeness (QED) is 0.484. The van der Waals surface area contributed by atoms with Gasteiger partial charge in [-0.25, -0.2) is 9.99 Å². The highest BCUT2D eigenvalue weighted by Gasteiger charge is 2.29. The second kappa shape index (κ2) is 10.3. The number of hydrogen-bond acceptors (Lipinski definition) is 9. The van der Waals surface area contributed by atoms with Crippen molar-refractivity contribution >= 4 is 34.7 Å². The summed E-state index contributed by atoms with van der Waals surface area (Å²) in [5, 5.41) is 6.77. The first-order valence-electron chi connectivity index (χ1n) is 11.8. The molecule has 0 atom stereocenters.